The molecule has 3 atom stereocenters. The van der Waals surface area contributed by atoms with Gasteiger partial charge in [0.1, 0.15) is 0 Å². The number of amides is 1. The van der Waals surface area contributed by atoms with Crippen LogP contribution in [0.3, 0.4) is 0 Å². The number of rotatable bonds is 5. The summed E-state index contributed by atoms with van der Waals surface area (Å²) < 4.78 is 5.40. The number of hydrogen-bond donors (Lipinski definition) is 2. The van der Waals surface area contributed by atoms with E-state index in [0.29, 0.717) is 25.7 Å². The fraction of sp³-hybridized carbons (Fsp3) is 0.917. The molecule has 1 heterocycles. The van der Waals surface area contributed by atoms with Crippen LogP contribution in [0.5, 0.6) is 0 Å². The number of hydrogen-bond acceptors (Lipinski definition) is 4. The third-order valence-electron chi connectivity index (χ3n) is 3.24. The first-order valence-electron chi connectivity index (χ1n) is 6.33. The minimum absolute atomic E-state index is 0.0324. The van der Waals surface area contributed by atoms with E-state index in [-0.39, 0.29) is 24.7 Å². The highest BCUT2D eigenvalue weighted by Gasteiger charge is 2.28. The molecule has 0 radical (unpaired) electrons. The maximum absolute atomic E-state index is 12.0. The van der Waals surface area contributed by atoms with E-state index in [1.807, 2.05) is 6.92 Å². The van der Waals surface area contributed by atoms with Crippen LogP contribution in [-0.4, -0.2) is 60.4 Å². The van der Waals surface area contributed by atoms with Crippen LogP contribution in [0.2, 0.25) is 0 Å². The quantitative estimate of drug-likeness (QED) is 0.713. The molecule has 2 N–H and O–H groups in total. The second-order valence-corrected chi connectivity index (χ2v) is 4.72. The molecule has 0 aliphatic carbocycles. The Hall–Kier alpha value is -0.650. The highest BCUT2D eigenvalue weighted by atomic mass is 16.5. The van der Waals surface area contributed by atoms with Crippen molar-refractivity contribution in [3.63, 3.8) is 0 Å². The summed E-state index contributed by atoms with van der Waals surface area (Å²) in [7, 11) is 0. The minimum atomic E-state index is -0.237. The molecule has 1 aliphatic heterocycles. The van der Waals surface area contributed by atoms with Crippen molar-refractivity contribution in [3.8, 4) is 0 Å². The first-order valence-corrected chi connectivity index (χ1v) is 6.33. The number of nitrogens with one attached hydrogen (secondary N) is 1. The van der Waals surface area contributed by atoms with Crippen molar-refractivity contribution in [2.24, 2.45) is 0 Å². The average molecular weight is 244 g/mol. The summed E-state index contributed by atoms with van der Waals surface area (Å²) in [6.07, 6.45) is 0.768. The molecule has 17 heavy (non-hydrogen) atoms. The molecule has 3 unspecified atom stereocenters. The predicted octanol–water partition coefficient (Wildman–Crippen LogP) is -0.0173. The summed E-state index contributed by atoms with van der Waals surface area (Å²) in [5.74, 6) is 0.0829. The van der Waals surface area contributed by atoms with E-state index in [4.69, 9.17) is 9.84 Å². The average Bonchev–Trinajstić information content (AvgIpc) is 2.36. The molecule has 0 bridgehead atoms. The van der Waals surface area contributed by atoms with Gasteiger partial charge in [0.2, 0.25) is 5.91 Å². The maximum atomic E-state index is 12.0. The van der Waals surface area contributed by atoms with E-state index < -0.39 is 0 Å². The Morgan fingerprint density at radius 2 is 2.35 bits per heavy atom. The number of aliphatic hydroxyl groups excluding tert-OH is 1. The smallest absolute Gasteiger partial charge is 0.236 e. The molecule has 5 nitrogen and oxygen atoms in total. The Balaban J connectivity index is 2.43. The zero-order valence-corrected chi connectivity index (χ0v) is 11.0. The fourth-order valence-corrected chi connectivity index (χ4v) is 1.78. The molecule has 0 saturated carbocycles. The highest BCUT2D eigenvalue weighted by molar-refractivity contribution is 5.78. The molecule has 1 amide bonds. The lowest BCUT2D eigenvalue weighted by atomic mass is 10.2. The van der Waals surface area contributed by atoms with Gasteiger partial charge in [-0.3, -0.25) is 4.79 Å². The highest BCUT2D eigenvalue weighted by Crippen LogP contribution is 2.11. The van der Waals surface area contributed by atoms with Gasteiger partial charge in [0.25, 0.3) is 0 Å². The van der Waals surface area contributed by atoms with Crippen LogP contribution in [-0.2, 0) is 9.53 Å². The van der Waals surface area contributed by atoms with Crippen molar-refractivity contribution in [1.82, 2.24) is 10.2 Å². The van der Waals surface area contributed by atoms with E-state index in [1.165, 1.54) is 0 Å². The molecule has 0 aromatic rings. The molecular formula is C12H24N2O3. The first-order chi connectivity index (χ1) is 8.08. The first kappa shape index (κ1) is 14.4. The summed E-state index contributed by atoms with van der Waals surface area (Å²) >= 11 is 0. The number of morpholine rings is 1. The molecule has 1 saturated heterocycles. The monoisotopic (exact) mass is 244 g/mol. The van der Waals surface area contributed by atoms with Gasteiger partial charge in [-0.1, -0.05) is 6.92 Å². The topological polar surface area (TPSA) is 61.8 Å². The van der Waals surface area contributed by atoms with E-state index in [9.17, 15) is 4.79 Å². The normalized spacial score (nSPS) is 26.9. The SMILES string of the molecule is CCC(C)NCC(=O)N1CC(CO)OCC1C. The Kier molecular flexibility index (Phi) is 5.88. The van der Waals surface area contributed by atoms with Crippen LogP contribution in [0.1, 0.15) is 27.2 Å². The molecule has 0 aromatic carbocycles. The van der Waals surface area contributed by atoms with Gasteiger partial charge >= 0.3 is 0 Å². The molecular weight excluding hydrogens is 220 g/mol. The Bertz CT molecular complexity index is 248. The van der Waals surface area contributed by atoms with Crippen LogP contribution >= 0.6 is 0 Å². The van der Waals surface area contributed by atoms with Gasteiger partial charge in [0, 0.05) is 12.6 Å². The second-order valence-electron chi connectivity index (χ2n) is 4.72. The Morgan fingerprint density at radius 3 is 2.94 bits per heavy atom. The van der Waals surface area contributed by atoms with Crippen molar-refractivity contribution in [3.05, 3.63) is 0 Å². The molecule has 1 aliphatic rings. The number of carbonyl (C=O) groups excluding carboxylic acids is 1. The standard InChI is InChI=1S/C12H24N2O3/c1-4-9(2)13-5-12(16)14-6-11(7-15)17-8-10(14)3/h9-11,13,15H,4-8H2,1-3H3. The zero-order chi connectivity index (χ0) is 12.8. The van der Waals surface area contributed by atoms with E-state index in [1.54, 1.807) is 4.90 Å². The Morgan fingerprint density at radius 1 is 1.65 bits per heavy atom. The molecule has 0 spiro atoms. The lowest BCUT2D eigenvalue weighted by Crippen LogP contribution is -2.54. The maximum Gasteiger partial charge on any atom is 0.236 e. The number of ether oxygens (including phenoxy) is 1. The van der Waals surface area contributed by atoms with Gasteiger partial charge in [-0.2, -0.15) is 0 Å². The summed E-state index contributed by atoms with van der Waals surface area (Å²) in [6, 6.07) is 0.438. The summed E-state index contributed by atoms with van der Waals surface area (Å²) in [5.41, 5.74) is 0. The van der Waals surface area contributed by atoms with E-state index in [2.05, 4.69) is 19.2 Å². The van der Waals surface area contributed by atoms with Gasteiger partial charge < -0.3 is 20.1 Å². The van der Waals surface area contributed by atoms with Gasteiger partial charge in [-0.15, -0.1) is 0 Å². The third-order valence-corrected chi connectivity index (χ3v) is 3.24. The van der Waals surface area contributed by atoms with Crippen LogP contribution < -0.4 is 5.32 Å². The molecule has 5 heteroatoms. The lowest BCUT2D eigenvalue weighted by Gasteiger charge is -2.37. The molecule has 1 rings (SSSR count). The Labute approximate surface area is 103 Å². The number of nitrogens with zero attached hydrogens (tertiary/aromatic N) is 1. The molecule has 0 aromatic heterocycles. The fourth-order valence-electron chi connectivity index (χ4n) is 1.78. The second kappa shape index (κ2) is 6.93. The third kappa shape index (κ3) is 4.26. The summed E-state index contributed by atoms with van der Waals surface area (Å²) in [5, 5.41) is 12.2. The molecule has 100 valence electrons. The number of aliphatic hydroxyl groups is 1. The lowest BCUT2D eigenvalue weighted by molar-refractivity contribution is -0.145. The van der Waals surface area contributed by atoms with Crippen LogP contribution in [0.4, 0.5) is 0 Å². The van der Waals surface area contributed by atoms with E-state index >= 15 is 0 Å². The number of carbonyl (C=O) groups is 1. The predicted molar refractivity (Wildman–Crippen MR) is 65.8 cm³/mol. The van der Waals surface area contributed by atoms with Crippen molar-refractivity contribution < 1.29 is 14.6 Å². The van der Waals surface area contributed by atoms with Gasteiger partial charge in [-0.05, 0) is 20.3 Å². The summed E-state index contributed by atoms with van der Waals surface area (Å²) in [4.78, 5) is 13.8. The van der Waals surface area contributed by atoms with Crippen molar-refractivity contribution in [1.29, 1.82) is 0 Å². The molecule has 1 fully saturated rings. The van der Waals surface area contributed by atoms with Crippen molar-refractivity contribution in [2.75, 3.05) is 26.3 Å². The van der Waals surface area contributed by atoms with Crippen LogP contribution in [0, 0.1) is 0 Å². The summed E-state index contributed by atoms with van der Waals surface area (Å²) in [6.45, 7) is 7.42. The largest absolute Gasteiger partial charge is 0.394 e. The van der Waals surface area contributed by atoms with Crippen LogP contribution in [0.25, 0.3) is 0 Å². The van der Waals surface area contributed by atoms with Crippen molar-refractivity contribution in [2.45, 2.75) is 45.4 Å². The van der Waals surface area contributed by atoms with E-state index in [0.717, 1.165) is 6.42 Å². The van der Waals surface area contributed by atoms with Gasteiger partial charge in [0.05, 0.1) is 31.9 Å². The van der Waals surface area contributed by atoms with Crippen LogP contribution in [0.15, 0.2) is 0 Å². The van der Waals surface area contributed by atoms with Crippen molar-refractivity contribution >= 4 is 5.91 Å². The van der Waals surface area contributed by atoms with Gasteiger partial charge in [-0.25, -0.2) is 0 Å². The van der Waals surface area contributed by atoms with Gasteiger partial charge in [0.15, 0.2) is 0 Å². The minimum Gasteiger partial charge on any atom is -0.394 e. The zero-order valence-electron chi connectivity index (χ0n) is 11.0.